The Kier molecular flexibility index (Phi) is 7.00. The summed E-state index contributed by atoms with van der Waals surface area (Å²) in [5.41, 5.74) is 1.55. The number of carboxylic acids is 1. The van der Waals surface area contributed by atoms with Crippen LogP contribution < -0.4 is 9.47 Å². The van der Waals surface area contributed by atoms with Crippen molar-refractivity contribution < 1.29 is 29.3 Å². The number of carboxylic acid groups (broad SMARTS) is 1. The Hall–Kier alpha value is -3.28. The van der Waals surface area contributed by atoms with Crippen molar-refractivity contribution in [2.75, 3.05) is 13.2 Å². The largest absolute Gasteiger partial charge is 0.507 e. The maximum Gasteiger partial charge on any atom is 0.328 e. The molecule has 0 spiro atoms. The molecule has 0 radical (unpaired) electrons. The van der Waals surface area contributed by atoms with E-state index in [4.69, 9.17) is 14.6 Å². The van der Waals surface area contributed by atoms with Crippen LogP contribution in [0.3, 0.4) is 0 Å². The number of Topliss-reactive ketones (excluding diaryl/α,β-unsaturated/α-hetero) is 1. The predicted octanol–water partition coefficient (Wildman–Crippen LogP) is 3.85. The van der Waals surface area contributed by atoms with E-state index in [0.29, 0.717) is 36.7 Å². The third kappa shape index (κ3) is 5.88. The smallest absolute Gasteiger partial charge is 0.328 e. The summed E-state index contributed by atoms with van der Waals surface area (Å²) < 4.78 is 11.3. The van der Waals surface area contributed by atoms with Gasteiger partial charge in [-0.1, -0.05) is 12.1 Å². The van der Waals surface area contributed by atoms with Crippen LogP contribution in [-0.4, -0.2) is 35.2 Å². The molecule has 142 valence electrons. The molecule has 2 rings (SSSR count). The van der Waals surface area contributed by atoms with Crippen molar-refractivity contribution in [3.8, 4) is 17.2 Å². The highest BCUT2D eigenvalue weighted by Gasteiger charge is 2.12. The zero-order valence-corrected chi connectivity index (χ0v) is 15.3. The third-order valence-corrected chi connectivity index (χ3v) is 3.85. The van der Waals surface area contributed by atoms with Crippen LogP contribution in [0.15, 0.2) is 42.5 Å². The van der Waals surface area contributed by atoms with Gasteiger partial charge in [0.1, 0.15) is 17.2 Å². The van der Waals surface area contributed by atoms with Crippen LogP contribution in [0.2, 0.25) is 0 Å². The van der Waals surface area contributed by atoms with Gasteiger partial charge in [0.25, 0.3) is 0 Å². The van der Waals surface area contributed by atoms with Gasteiger partial charge in [-0.3, -0.25) is 4.79 Å². The van der Waals surface area contributed by atoms with E-state index in [1.54, 1.807) is 43.3 Å². The van der Waals surface area contributed by atoms with E-state index in [1.807, 2.05) is 0 Å². The van der Waals surface area contributed by atoms with E-state index in [0.717, 1.165) is 11.6 Å². The van der Waals surface area contributed by atoms with Gasteiger partial charge in [-0.2, -0.15) is 0 Å². The first-order chi connectivity index (χ1) is 12.9. The highest BCUT2D eigenvalue weighted by atomic mass is 16.5. The van der Waals surface area contributed by atoms with Crippen molar-refractivity contribution in [1.29, 1.82) is 0 Å². The zero-order valence-electron chi connectivity index (χ0n) is 15.3. The van der Waals surface area contributed by atoms with Crippen molar-refractivity contribution in [2.45, 2.75) is 20.3 Å². The lowest BCUT2D eigenvalue weighted by Crippen LogP contribution is -2.06. The minimum absolute atomic E-state index is 0.0533. The summed E-state index contributed by atoms with van der Waals surface area (Å²) in [7, 11) is 0. The van der Waals surface area contributed by atoms with E-state index < -0.39 is 5.97 Å². The molecule has 0 unspecified atom stereocenters. The first kappa shape index (κ1) is 20.0. The average Bonchev–Trinajstić information content (AvgIpc) is 2.63. The topological polar surface area (TPSA) is 93.1 Å². The van der Waals surface area contributed by atoms with Gasteiger partial charge in [0.2, 0.25) is 0 Å². The number of ether oxygens (including phenoxy) is 2. The first-order valence-corrected chi connectivity index (χ1v) is 8.48. The van der Waals surface area contributed by atoms with Crippen molar-refractivity contribution in [2.24, 2.45) is 0 Å². The van der Waals surface area contributed by atoms with Gasteiger partial charge in [-0.15, -0.1) is 0 Å². The summed E-state index contributed by atoms with van der Waals surface area (Å²) in [5, 5.41) is 18.7. The Labute approximate surface area is 157 Å². The molecule has 0 aliphatic rings. The van der Waals surface area contributed by atoms with E-state index in [1.165, 1.54) is 13.0 Å². The number of aromatic hydroxyl groups is 1. The second-order valence-electron chi connectivity index (χ2n) is 5.94. The van der Waals surface area contributed by atoms with E-state index in [2.05, 4.69) is 0 Å². The molecule has 2 aromatic carbocycles. The van der Waals surface area contributed by atoms with Crippen LogP contribution in [0.5, 0.6) is 17.2 Å². The molecule has 0 saturated heterocycles. The molecule has 0 atom stereocenters. The van der Waals surface area contributed by atoms with Gasteiger partial charge in [-0.05, 0) is 49.8 Å². The monoisotopic (exact) mass is 370 g/mol. The Balaban J connectivity index is 1.83. The fourth-order valence-corrected chi connectivity index (χ4v) is 2.43. The Morgan fingerprint density at radius 2 is 1.85 bits per heavy atom. The van der Waals surface area contributed by atoms with Crippen molar-refractivity contribution in [3.63, 3.8) is 0 Å². The second kappa shape index (κ2) is 9.43. The average molecular weight is 370 g/mol. The Morgan fingerprint density at radius 3 is 2.56 bits per heavy atom. The van der Waals surface area contributed by atoms with E-state index in [9.17, 15) is 14.7 Å². The minimum Gasteiger partial charge on any atom is -0.507 e. The standard InChI is InChI=1S/C21H22O6/c1-14-19(9-8-18(15(2)22)21(14)25)27-12-4-11-26-17-6-3-5-16(13-17)7-10-20(23)24/h3,5-10,13,25H,4,11-12H2,1-2H3,(H,23,24). The molecule has 0 heterocycles. The van der Waals surface area contributed by atoms with Crippen LogP contribution in [0, 0.1) is 6.92 Å². The molecule has 0 bridgehead atoms. The van der Waals surface area contributed by atoms with Crippen LogP contribution in [-0.2, 0) is 4.79 Å². The van der Waals surface area contributed by atoms with Crippen molar-refractivity contribution >= 4 is 17.8 Å². The number of aliphatic carboxylic acids is 1. The number of phenolic OH excluding ortho intramolecular Hbond substituents is 1. The minimum atomic E-state index is -1.00. The maximum absolute atomic E-state index is 11.4. The molecular weight excluding hydrogens is 348 g/mol. The van der Waals surface area contributed by atoms with Crippen LogP contribution in [0.4, 0.5) is 0 Å². The molecule has 6 nitrogen and oxygen atoms in total. The molecule has 0 aromatic heterocycles. The highest BCUT2D eigenvalue weighted by Crippen LogP contribution is 2.30. The summed E-state index contributed by atoms with van der Waals surface area (Å²) in [5.74, 6) is -0.0879. The molecular formula is C21H22O6. The van der Waals surface area contributed by atoms with Crippen molar-refractivity contribution in [1.82, 2.24) is 0 Å². The van der Waals surface area contributed by atoms with Crippen LogP contribution in [0.1, 0.15) is 34.8 Å². The van der Waals surface area contributed by atoms with Gasteiger partial charge in [-0.25, -0.2) is 4.79 Å². The molecule has 0 aliphatic carbocycles. The lowest BCUT2D eigenvalue weighted by molar-refractivity contribution is -0.131. The zero-order chi connectivity index (χ0) is 19.8. The lowest BCUT2D eigenvalue weighted by atomic mass is 10.1. The number of carbonyl (C=O) groups is 2. The fourth-order valence-electron chi connectivity index (χ4n) is 2.43. The highest BCUT2D eigenvalue weighted by molar-refractivity contribution is 5.97. The van der Waals surface area contributed by atoms with Gasteiger partial charge in [0, 0.05) is 18.1 Å². The van der Waals surface area contributed by atoms with Gasteiger partial charge >= 0.3 is 5.97 Å². The summed E-state index contributed by atoms with van der Waals surface area (Å²) in [6.07, 6.45) is 3.18. The number of ketones is 1. The summed E-state index contributed by atoms with van der Waals surface area (Å²) in [6, 6.07) is 10.3. The molecule has 27 heavy (non-hydrogen) atoms. The summed E-state index contributed by atoms with van der Waals surface area (Å²) in [4.78, 5) is 22.0. The molecule has 0 amide bonds. The summed E-state index contributed by atoms with van der Waals surface area (Å²) in [6.45, 7) is 3.91. The molecule has 0 fully saturated rings. The number of benzene rings is 2. The van der Waals surface area contributed by atoms with Gasteiger partial charge in [0.05, 0.1) is 18.8 Å². The lowest BCUT2D eigenvalue weighted by Gasteiger charge is -2.12. The Bertz CT molecular complexity index is 854. The number of carbonyl (C=O) groups excluding carboxylic acids is 1. The molecule has 2 N–H and O–H groups in total. The van der Waals surface area contributed by atoms with Crippen molar-refractivity contribution in [3.05, 3.63) is 59.2 Å². The number of rotatable bonds is 9. The SMILES string of the molecule is CC(=O)c1ccc(OCCCOc2cccc(C=CC(=O)O)c2)c(C)c1O. The molecule has 2 aromatic rings. The number of hydrogen-bond acceptors (Lipinski definition) is 5. The number of phenols is 1. The molecule has 6 heteroatoms. The normalized spacial score (nSPS) is 10.7. The second-order valence-corrected chi connectivity index (χ2v) is 5.94. The third-order valence-electron chi connectivity index (χ3n) is 3.85. The van der Waals surface area contributed by atoms with Crippen LogP contribution >= 0.6 is 0 Å². The number of hydrogen-bond donors (Lipinski definition) is 2. The van der Waals surface area contributed by atoms with Gasteiger partial charge in [0.15, 0.2) is 5.78 Å². The maximum atomic E-state index is 11.4. The Morgan fingerprint density at radius 1 is 1.11 bits per heavy atom. The molecule has 0 aliphatic heterocycles. The fraction of sp³-hybridized carbons (Fsp3) is 0.238. The predicted molar refractivity (Wildman–Crippen MR) is 102 cm³/mol. The summed E-state index contributed by atoms with van der Waals surface area (Å²) >= 11 is 0. The van der Waals surface area contributed by atoms with E-state index >= 15 is 0 Å². The van der Waals surface area contributed by atoms with Crippen LogP contribution in [0.25, 0.3) is 6.08 Å². The molecule has 0 saturated carbocycles. The van der Waals surface area contributed by atoms with Gasteiger partial charge < -0.3 is 19.7 Å². The quantitative estimate of drug-likeness (QED) is 0.396. The van der Waals surface area contributed by atoms with E-state index in [-0.39, 0.29) is 17.1 Å². The first-order valence-electron chi connectivity index (χ1n) is 8.48.